The van der Waals surface area contributed by atoms with Crippen molar-refractivity contribution in [1.29, 1.82) is 0 Å². The van der Waals surface area contributed by atoms with E-state index >= 15 is 0 Å². The van der Waals surface area contributed by atoms with Crippen molar-refractivity contribution in [3.63, 3.8) is 0 Å². The molecule has 0 aromatic heterocycles. The van der Waals surface area contributed by atoms with Gasteiger partial charge in [0.25, 0.3) is 6.69 Å². The Balaban J connectivity index is 2.89. The zero-order chi connectivity index (χ0) is 19.0. The van der Waals surface area contributed by atoms with Crippen molar-refractivity contribution in [3.8, 4) is 0 Å². The van der Waals surface area contributed by atoms with Gasteiger partial charge in [0.05, 0.1) is 6.10 Å². The first-order valence-corrected chi connectivity index (χ1v) is 12.9. The summed E-state index contributed by atoms with van der Waals surface area (Å²) in [7, 11) is 1.73. The number of halogens is 2. The third-order valence-electron chi connectivity index (χ3n) is 4.16. The zero-order valence-corrected chi connectivity index (χ0v) is 18.5. The Morgan fingerprint density at radius 2 is 1.67 bits per heavy atom. The predicted octanol–water partition coefficient (Wildman–Crippen LogP) is 4.00. The van der Waals surface area contributed by atoms with Crippen LogP contribution in [0.15, 0.2) is 0 Å². The largest absolute Gasteiger partial charge is 0.464 e. The minimum atomic E-state index is -2.51. The fourth-order valence-corrected chi connectivity index (χ4v) is 3.93. The first-order chi connectivity index (χ1) is 10.6. The summed E-state index contributed by atoms with van der Waals surface area (Å²) in [6.07, 6.45) is 1.82. The molecule has 0 aromatic rings. The van der Waals surface area contributed by atoms with E-state index in [0.29, 0.717) is 0 Å². The van der Waals surface area contributed by atoms with Gasteiger partial charge in [-0.1, -0.05) is 0 Å². The quantitative estimate of drug-likeness (QED) is 0.383. The van der Waals surface area contributed by atoms with Gasteiger partial charge in [0.1, 0.15) is 6.23 Å². The van der Waals surface area contributed by atoms with Crippen LogP contribution in [0.25, 0.3) is 0 Å². The van der Waals surface area contributed by atoms with Gasteiger partial charge in [0, 0.05) is 18.2 Å². The van der Waals surface area contributed by atoms with Crippen molar-refractivity contribution in [2.75, 3.05) is 13.3 Å². The molecular formula is C16H31Cl2NO4Si. The standard InChI is InChI=1S/C16H31Cl2NO4Si/c1-14(2)9-12(21-7)10-15(3,4)19(14)23-16(5,6)13(20)22-11-24(8,17)18/h12H,9-11H2,1-8H3. The van der Waals surface area contributed by atoms with E-state index in [1.165, 1.54) is 0 Å². The molecule has 0 spiro atoms. The molecule has 0 saturated carbocycles. The predicted molar refractivity (Wildman–Crippen MR) is 99.5 cm³/mol. The Labute approximate surface area is 156 Å². The first-order valence-electron chi connectivity index (χ1n) is 8.18. The van der Waals surface area contributed by atoms with Crippen molar-refractivity contribution >= 4 is 34.8 Å². The number of hydrogen-bond donors (Lipinski definition) is 0. The lowest BCUT2D eigenvalue weighted by Crippen LogP contribution is -2.64. The minimum Gasteiger partial charge on any atom is -0.464 e. The van der Waals surface area contributed by atoms with E-state index in [2.05, 4.69) is 27.7 Å². The number of hydrogen-bond acceptors (Lipinski definition) is 5. The molecule has 0 N–H and O–H groups in total. The maximum atomic E-state index is 12.4. The molecule has 0 aliphatic carbocycles. The lowest BCUT2D eigenvalue weighted by molar-refractivity contribution is -0.333. The highest BCUT2D eigenvalue weighted by Crippen LogP contribution is 2.41. The molecule has 1 heterocycles. The smallest absolute Gasteiger partial charge is 0.339 e. The molecule has 0 amide bonds. The summed E-state index contributed by atoms with van der Waals surface area (Å²) in [4.78, 5) is 18.6. The SMILES string of the molecule is COC1CC(C)(C)N(OC(C)(C)C(=O)OC[Si](C)(Cl)Cl)C(C)(C)C1. The number of piperidine rings is 1. The molecular weight excluding hydrogens is 369 g/mol. The summed E-state index contributed by atoms with van der Waals surface area (Å²) >= 11 is 12.0. The summed E-state index contributed by atoms with van der Waals surface area (Å²) in [6, 6.07) is 0. The third-order valence-corrected chi connectivity index (χ3v) is 5.46. The Kier molecular flexibility index (Phi) is 6.85. The van der Waals surface area contributed by atoms with Gasteiger partial charge in [0.2, 0.25) is 0 Å². The highest BCUT2D eigenvalue weighted by atomic mass is 35.7. The lowest BCUT2D eigenvalue weighted by Gasteiger charge is -2.55. The molecule has 0 radical (unpaired) electrons. The van der Waals surface area contributed by atoms with Crippen LogP contribution < -0.4 is 0 Å². The van der Waals surface area contributed by atoms with Crippen molar-refractivity contribution < 1.29 is 19.1 Å². The number of hydroxylamine groups is 2. The van der Waals surface area contributed by atoms with Crippen LogP contribution in [0, 0.1) is 0 Å². The number of carbonyl (C=O) groups is 1. The topological polar surface area (TPSA) is 48.0 Å². The van der Waals surface area contributed by atoms with Gasteiger partial charge in [-0.05, 0) is 60.9 Å². The molecule has 1 saturated heterocycles. The first kappa shape index (κ1) is 22.2. The van der Waals surface area contributed by atoms with Gasteiger partial charge < -0.3 is 9.47 Å². The molecule has 0 aromatic carbocycles. The number of carbonyl (C=O) groups excluding carboxylic acids is 1. The van der Waals surface area contributed by atoms with Crippen LogP contribution in [-0.2, 0) is 19.1 Å². The Morgan fingerprint density at radius 3 is 2.04 bits per heavy atom. The second kappa shape index (κ2) is 7.41. The van der Waals surface area contributed by atoms with Gasteiger partial charge in [-0.3, -0.25) is 4.84 Å². The van der Waals surface area contributed by atoms with Crippen LogP contribution in [0.4, 0.5) is 0 Å². The fourth-order valence-electron chi connectivity index (χ4n) is 3.22. The van der Waals surface area contributed by atoms with E-state index in [-0.39, 0.29) is 23.4 Å². The van der Waals surface area contributed by atoms with Gasteiger partial charge in [-0.25, -0.2) is 4.79 Å². The number of methoxy groups -OCH3 is 1. The summed E-state index contributed by atoms with van der Waals surface area (Å²) in [5, 5.41) is 1.91. The normalized spacial score (nSPS) is 22.4. The number of rotatable bonds is 6. The summed E-state index contributed by atoms with van der Waals surface area (Å²) < 4.78 is 10.8. The van der Waals surface area contributed by atoms with E-state index in [1.807, 2.05) is 5.06 Å². The van der Waals surface area contributed by atoms with Gasteiger partial charge in [-0.15, -0.1) is 22.2 Å². The molecule has 0 atom stereocenters. The Bertz CT molecular complexity index is 445. The van der Waals surface area contributed by atoms with Crippen LogP contribution in [0.5, 0.6) is 0 Å². The molecule has 24 heavy (non-hydrogen) atoms. The molecule has 0 bridgehead atoms. The van der Waals surface area contributed by atoms with Crippen LogP contribution in [0.3, 0.4) is 0 Å². The minimum absolute atomic E-state index is 0.0419. The molecule has 5 nitrogen and oxygen atoms in total. The van der Waals surface area contributed by atoms with Gasteiger partial charge >= 0.3 is 5.97 Å². The highest BCUT2D eigenvalue weighted by Gasteiger charge is 2.50. The van der Waals surface area contributed by atoms with Gasteiger partial charge in [-0.2, -0.15) is 5.06 Å². The summed E-state index contributed by atoms with van der Waals surface area (Å²) in [6.45, 7) is 10.9. The molecule has 142 valence electrons. The summed E-state index contributed by atoms with van der Waals surface area (Å²) in [5.74, 6) is -0.469. The van der Waals surface area contributed by atoms with E-state index in [0.717, 1.165) is 12.8 Å². The van der Waals surface area contributed by atoms with Gasteiger partial charge in [0.15, 0.2) is 5.60 Å². The van der Waals surface area contributed by atoms with E-state index < -0.39 is 18.3 Å². The average molecular weight is 400 g/mol. The Hall–Kier alpha value is 0.147. The highest BCUT2D eigenvalue weighted by molar-refractivity contribution is 7.44. The van der Waals surface area contributed by atoms with Crippen molar-refractivity contribution in [1.82, 2.24) is 5.06 Å². The Morgan fingerprint density at radius 1 is 1.21 bits per heavy atom. The summed E-state index contributed by atoms with van der Waals surface area (Å²) in [5.41, 5.74) is -1.72. The van der Waals surface area contributed by atoms with Crippen LogP contribution in [-0.4, -0.2) is 53.8 Å². The average Bonchev–Trinajstić information content (AvgIpc) is 2.38. The second-order valence-electron chi connectivity index (χ2n) is 8.43. The number of esters is 1. The maximum Gasteiger partial charge on any atom is 0.339 e. The molecule has 1 aliphatic heterocycles. The van der Waals surface area contributed by atoms with Crippen LogP contribution in [0.2, 0.25) is 6.55 Å². The fraction of sp³-hybridized carbons (Fsp3) is 0.938. The maximum absolute atomic E-state index is 12.4. The molecule has 1 aliphatic rings. The molecule has 8 heteroatoms. The lowest BCUT2D eigenvalue weighted by atomic mass is 9.80. The second-order valence-corrected chi connectivity index (χ2v) is 16.4. The van der Waals surface area contributed by atoms with Crippen LogP contribution >= 0.6 is 22.2 Å². The third kappa shape index (κ3) is 5.85. The van der Waals surface area contributed by atoms with E-state index in [1.54, 1.807) is 27.5 Å². The van der Waals surface area contributed by atoms with Crippen LogP contribution in [0.1, 0.15) is 54.4 Å². The van der Waals surface area contributed by atoms with E-state index in [4.69, 9.17) is 36.5 Å². The zero-order valence-electron chi connectivity index (χ0n) is 16.0. The molecule has 1 fully saturated rings. The van der Waals surface area contributed by atoms with E-state index in [9.17, 15) is 4.79 Å². The number of ether oxygens (including phenoxy) is 2. The number of nitrogens with zero attached hydrogens (tertiary/aromatic N) is 1. The van der Waals surface area contributed by atoms with Crippen molar-refractivity contribution in [3.05, 3.63) is 0 Å². The molecule has 1 rings (SSSR count). The molecule has 0 unspecified atom stereocenters. The monoisotopic (exact) mass is 399 g/mol. The van der Waals surface area contributed by atoms with Crippen molar-refractivity contribution in [2.24, 2.45) is 0 Å². The van der Waals surface area contributed by atoms with Crippen molar-refractivity contribution in [2.45, 2.75) is 83.7 Å².